The first-order chi connectivity index (χ1) is 7.33. The van der Waals surface area contributed by atoms with Crippen molar-refractivity contribution in [2.45, 2.75) is 18.9 Å². The molecular formula is C11H10N2O2. The Hall–Kier alpha value is -1.84. The van der Waals surface area contributed by atoms with E-state index >= 15 is 0 Å². The number of fused-ring (bicyclic) bond motifs is 1. The first-order valence-electron chi connectivity index (χ1n) is 4.97. The average molecular weight is 202 g/mol. The number of amides is 1. The molecule has 1 amide bonds. The molecule has 1 aromatic carbocycles. The smallest absolute Gasteiger partial charge is 0.251 e. The van der Waals surface area contributed by atoms with E-state index in [1.165, 1.54) is 6.39 Å². The summed E-state index contributed by atoms with van der Waals surface area (Å²) in [6, 6.07) is 5.65. The first-order valence-corrected chi connectivity index (χ1v) is 4.97. The lowest BCUT2D eigenvalue weighted by Crippen LogP contribution is -2.25. The molecule has 1 aliphatic carbocycles. The van der Waals surface area contributed by atoms with Crippen LogP contribution in [0.3, 0.4) is 0 Å². The Kier molecular flexibility index (Phi) is 1.74. The number of nitrogens with one attached hydrogen (secondary N) is 1. The monoisotopic (exact) mass is 202 g/mol. The van der Waals surface area contributed by atoms with Crippen LogP contribution in [0.4, 0.5) is 0 Å². The van der Waals surface area contributed by atoms with E-state index in [0.717, 1.165) is 18.4 Å². The summed E-state index contributed by atoms with van der Waals surface area (Å²) in [7, 11) is 0. The van der Waals surface area contributed by atoms with E-state index in [1.807, 2.05) is 0 Å². The third kappa shape index (κ3) is 1.58. The molecule has 0 atom stereocenters. The fourth-order valence-electron chi connectivity index (χ4n) is 1.50. The van der Waals surface area contributed by atoms with Crippen molar-refractivity contribution in [2.75, 3.05) is 0 Å². The standard InChI is InChI=1S/C11H10N2O2/c14-11(13-8-2-3-8)7-1-4-10-9(5-7)12-6-15-10/h1,4-6,8H,2-3H2,(H,13,14). The van der Waals surface area contributed by atoms with Gasteiger partial charge >= 0.3 is 0 Å². The van der Waals surface area contributed by atoms with Crippen LogP contribution in [0.1, 0.15) is 23.2 Å². The fraction of sp³-hybridized carbons (Fsp3) is 0.273. The zero-order valence-electron chi connectivity index (χ0n) is 8.06. The second-order valence-corrected chi connectivity index (χ2v) is 3.78. The van der Waals surface area contributed by atoms with Crippen LogP contribution in [-0.4, -0.2) is 16.9 Å². The van der Waals surface area contributed by atoms with Gasteiger partial charge in [-0.3, -0.25) is 4.79 Å². The van der Waals surface area contributed by atoms with Gasteiger partial charge in [-0.05, 0) is 31.0 Å². The molecule has 1 N–H and O–H groups in total. The molecule has 2 aromatic rings. The third-order valence-electron chi connectivity index (χ3n) is 2.51. The summed E-state index contributed by atoms with van der Waals surface area (Å²) < 4.78 is 5.10. The van der Waals surface area contributed by atoms with Crippen molar-refractivity contribution in [2.24, 2.45) is 0 Å². The molecule has 1 aromatic heterocycles. The highest BCUT2D eigenvalue weighted by molar-refractivity contribution is 5.97. The Balaban J connectivity index is 1.91. The lowest BCUT2D eigenvalue weighted by Gasteiger charge is -2.01. The molecule has 0 saturated heterocycles. The summed E-state index contributed by atoms with van der Waals surface area (Å²) in [5, 5.41) is 2.93. The minimum atomic E-state index is -0.0256. The Morgan fingerprint density at radius 2 is 2.33 bits per heavy atom. The van der Waals surface area contributed by atoms with Gasteiger partial charge in [0.15, 0.2) is 12.0 Å². The molecule has 1 fully saturated rings. The molecule has 1 saturated carbocycles. The average Bonchev–Trinajstić information content (AvgIpc) is 2.94. The fourth-order valence-corrected chi connectivity index (χ4v) is 1.50. The predicted molar refractivity (Wildman–Crippen MR) is 54.5 cm³/mol. The number of benzene rings is 1. The molecule has 4 nitrogen and oxygen atoms in total. The molecule has 0 unspecified atom stereocenters. The van der Waals surface area contributed by atoms with Gasteiger partial charge in [0.2, 0.25) is 0 Å². The molecule has 0 bridgehead atoms. The number of rotatable bonds is 2. The number of nitrogens with zero attached hydrogens (tertiary/aromatic N) is 1. The lowest BCUT2D eigenvalue weighted by molar-refractivity contribution is 0.0951. The molecule has 0 spiro atoms. The second-order valence-electron chi connectivity index (χ2n) is 3.78. The number of oxazole rings is 1. The number of hydrogen-bond donors (Lipinski definition) is 1. The minimum Gasteiger partial charge on any atom is -0.443 e. The number of carbonyl (C=O) groups is 1. The van der Waals surface area contributed by atoms with E-state index in [4.69, 9.17) is 4.42 Å². The van der Waals surface area contributed by atoms with Crippen LogP contribution in [0.2, 0.25) is 0 Å². The van der Waals surface area contributed by atoms with E-state index in [0.29, 0.717) is 17.2 Å². The van der Waals surface area contributed by atoms with Crippen LogP contribution in [0.25, 0.3) is 11.1 Å². The largest absolute Gasteiger partial charge is 0.443 e. The Labute approximate surface area is 86.3 Å². The summed E-state index contributed by atoms with van der Waals surface area (Å²) in [6.45, 7) is 0. The summed E-state index contributed by atoms with van der Waals surface area (Å²) in [5.74, 6) is -0.0256. The Bertz CT molecular complexity index is 514. The molecule has 1 heterocycles. The van der Waals surface area contributed by atoms with Crippen molar-refractivity contribution in [3.8, 4) is 0 Å². The maximum atomic E-state index is 11.7. The first kappa shape index (κ1) is 8.47. The van der Waals surface area contributed by atoms with E-state index in [1.54, 1.807) is 18.2 Å². The van der Waals surface area contributed by atoms with Crippen LogP contribution in [0, 0.1) is 0 Å². The topological polar surface area (TPSA) is 55.1 Å². The van der Waals surface area contributed by atoms with Crippen molar-refractivity contribution in [3.63, 3.8) is 0 Å². The summed E-state index contributed by atoms with van der Waals surface area (Å²) in [4.78, 5) is 15.7. The zero-order chi connectivity index (χ0) is 10.3. The zero-order valence-corrected chi connectivity index (χ0v) is 8.06. The van der Waals surface area contributed by atoms with E-state index < -0.39 is 0 Å². The van der Waals surface area contributed by atoms with Gasteiger partial charge in [0.25, 0.3) is 5.91 Å². The Morgan fingerprint density at radius 1 is 1.47 bits per heavy atom. The summed E-state index contributed by atoms with van der Waals surface area (Å²) >= 11 is 0. The lowest BCUT2D eigenvalue weighted by atomic mass is 10.2. The van der Waals surface area contributed by atoms with Crippen molar-refractivity contribution in [1.82, 2.24) is 10.3 Å². The molecule has 0 aliphatic heterocycles. The molecule has 1 aliphatic rings. The maximum absolute atomic E-state index is 11.7. The van der Waals surface area contributed by atoms with Gasteiger partial charge in [-0.15, -0.1) is 0 Å². The van der Waals surface area contributed by atoms with Gasteiger partial charge in [-0.1, -0.05) is 0 Å². The SMILES string of the molecule is O=C(NC1CC1)c1ccc2ocnc2c1. The van der Waals surface area contributed by atoms with E-state index in [2.05, 4.69) is 10.3 Å². The van der Waals surface area contributed by atoms with Gasteiger partial charge < -0.3 is 9.73 Å². The van der Waals surface area contributed by atoms with Crippen LogP contribution in [0.5, 0.6) is 0 Å². The van der Waals surface area contributed by atoms with Gasteiger partial charge in [-0.2, -0.15) is 0 Å². The number of aromatic nitrogens is 1. The normalized spacial score (nSPS) is 15.5. The van der Waals surface area contributed by atoms with Gasteiger partial charge in [0, 0.05) is 11.6 Å². The maximum Gasteiger partial charge on any atom is 0.251 e. The van der Waals surface area contributed by atoms with Crippen molar-refractivity contribution in [3.05, 3.63) is 30.2 Å². The van der Waals surface area contributed by atoms with Crippen molar-refractivity contribution >= 4 is 17.0 Å². The van der Waals surface area contributed by atoms with Gasteiger partial charge in [0.1, 0.15) is 5.52 Å². The van der Waals surface area contributed by atoms with Crippen LogP contribution >= 0.6 is 0 Å². The Morgan fingerprint density at radius 3 is 3.13 bits per heavy atom. The van der Waals surface area contributed by atoms with Crippen LogP contribution in [-0.2, 0) is 0 Å². The van der Waals surface area contributed by atoms with Crippen molar-refractivity contribution in [1.29, 1.82) is 0 Å². The molecule has 3 rings (SSSR count). The molecule has 76 valence electrons. The summed E-state index contributed by atoms with van der Waals surface area (Å²) in [6.07, 6.45) is 3.57. The predicted octanol–water partition coefficient (Wildman–Crippen LogP) is 1.72. The van der Waals surface area contributed by atoms with Gasteiger partial charge in [0.05, 0.1) is 0 Å². The molecule has 0 radical (unpaired) electrons. The minimum absolute atomic E-state index is 0.0256. The highest BCUT2D eigenvalue weighted by atomic mass is 16.3. The molecule has 4 heteroatoms. The van der Waals surface area contributed by atoms with E-state index in [-0.39, 0.29) is 5.91 Å². The number of hydrogen-bond acceptors (Lipinski definition) is 3. The highest BCUT2D eigenvalue weighted by Crippen LogP contribution is 2.20. The van der Waals surface area contributed by atoms with Crippen LogP contribution < -0.4 is 5.32 Å². The van der Waals surface area contributed by atoms with Crippen LogP contribution in [0.15, 0.2) is 29.0 Å². The van der Waals surface area contributed by atoms with E-state index in [9.17, 15) is 4.79 Å². The van der Waals surface area contributed by atoms with Crippen molar-refractivity contribution < 1.29 is 9.21 Å². The third-order valence-corrected chi connectivity index (χ3v) is 2.51. The van der Waals surface area contributed by atoms with Gasteiger partial charge in [-0.25, -0.2) is 4.98 Å². The molecule has 15 heavy (non-hydrogen) atoms. The quantitative estimate of drug-likeness (QED) is 0.806. The highest BCUT2D eigenvalue weighted by Gasteiger charge is 2.23. The molecular weight excluding hydrogens is 192 g/mol. The summed E-state index contributed by atoms with van der Waals surface area (Å²) in [5.41, 5.74) is 2.07. The second kappa shape index (κ2) is 3.08. The number of carbonyl (C=O) groups excluding carboxylic acids is 1.